The minimum atomic E-state index is -0.0235. The molecule has 2 aromatic carbocycles. The second kappa shape index (κ2) is 8.10. The summed E-state index contributed by atoms with van der Waals surface area (Å²) in [6.45, 7) is 0. The molecule has 30 heavy (non-hydrogen) atoms. The largest absolute Gasteiger partial charge is 0.349 e. The Morgan fingerprint density at radius 2 is 1.83 bits per heavy atom. The molecule has 0 saturated heterocycles. The molecule has 1 fully saturated rings. The number of amides is 1. The molecule has 1 aliphatic carbocycles. The number of aromatic nitrogens is 4. The molecule has 0 radical (unpaired) electrons. The molecule has 0 atom stereocenters. The standard InChI is InChI=1S/C23H24N6O/c30-23(26-17-9-3-1-2-4-10-17)16-8-7-11-18(14-16)25-21-22-28-24-15-29(22)20-13-6-5-12-19(20)27-21/h5-8,11-15,17H,1-4,9-10H2,(H,25,27)(H,26,30). The third-order valence-electron chi connectivity index (χ3n) is 5.71. The van der Waals surface area contributed by atoms with Gasteiger partial charge in [-0.1, -0.05) is 43.9 Å². The van der Waals surface area contributed by atoms with Crippen molar-refractivity contribution in [2.45, 2.75) is 44.6 Å². The Labute approximate surface area is 174 Å². The lowest BCUT2D eigenvalue weighted by Gasteiger charge is -2.16. The number of fused-ring (bicyclic) bond motifs is 3. The van der Waals surface area contributed by atoms with Gasteiger partial charge in [-0.2, -0.15) is 0 Å². The molecule has 7 nitrogen and oxygen atoms in total. The van der Waals surface area contributed by atoms with E-state index >= 15 is 0 Å². The Morgan fingerprint density at radius 1 is 1.00 bits per heavy atom. The molecule has 1 amide bonds. The predicted octanol–water partition coefficient (Wildman–Crippen LogP) is 4.47. The number of benzene rings is 2. The van der Waals surface area contributed by atoms with Crippen LogP contribution in [-0.2, 0) is 0 Å². The lowest BCUT2D eigenvalue weighted by Crippen LogP contribution is -2.34. The van der Waals surface area contributed by atoms with E-state index in [4.69, 9.17) is 4.98 Å². The molecule has 152 valence electrons. The number of anilines is 2. The molecule has 2 N–H and O–H groups in total. The van der Waals surface area contributed by atoms with Crippen LogP contribution in [0.3, 0.4) is 0 Å². The van der Waals surface area contributed by atoms with E-state index < -0.39 is 0 Å². The van der Waals surface area contributed by atoms with Gasteiger partial charge in [-0.3, -0.25) is 9.20 Å². The van der Waals surface area contributed by atoms with Crippen molar-refractivity contribution in [3.63, 3.8) is 0 Å². The van der Waals surface area contributed by atoms with E-state index in [0.717, 1.165) is 29.6 Å². The third kappa shape index (κ3) is 3.70. The highest BCUT2D eigenvalue weighted by atomic mass is 16.1. The van der Waals surface area contributed by atoms with Crippen LogP contribution in [0, 0.1) is 0 Å². The monoisotopic (exact) mass is 400 g/mol. The van der Waals surface area contributed by atoms with Gasteiger partial charge in [0, 0.05) is 17.3 Å². The molecule has 5 rings (SSSR count). The molecule has 0 bridgehead atoms. The number of nitrogens with one attached hydrogen (secondary N) is 2. The minimum Gasteiger partial charge on any atom is -0.349 e. The van der Waals surface area contributed by atoms with E-state index in [0.29, 0.717) is 17.0 Å². The summed E-state index contributed by atoms with van der Waals surface area (Å²) in [5.74, 6) is 0.581. The Hall–Kier alpha value is -3.48. The van der Waals surface area contributed by atoms with E-state index in [1.54, 1.807) is 6.33 Å². The molecule has 1 aliphatic rings. The molecule has 1 saturated carbocycles. The van der Waals surface area contributed by atoms with Gasteiger partial charge in [-0.25, -0.2) is 4.98 Å². The van der Waals surface area contributed by atoms with Crippen LogP contribution in [-0.4, -0.2) is 31.5 Å². The first kappa shape index (κ1) is 18.5. The van der Waals surface area contributed by atoms with Crippen molar-refractivity contribution in [3.8, 4) is 0 Å². The van der Waals surface area contributed by atoms with E-state index in [-0.39, 0.29) is 11.9 Å². The van der Waals surface area contributed by atoms with Crippen molar-refractivity contribution >= 4 is 34.1 Å². The summed E-state index contributed by atoms with van der Waals surface area (Å²) in [6.07, 6.45) is 8.72. The van der Waals surface area contributed by atoms with Gasteiger partial charge in [-0.15, -0.1) is 10.2 Å². The van der Waals surface area contributed by atoms with Gasteiger partial charge in [0.1, 0.15) is 6.33 Å². The van der Waals surface area contributed by atoms with Gasteiger partial charge in [0.15, 0.2) is 5.82 Å². The lowest BCUT2D eigenvalue weighted by atomic mass is 10.1. The van der Waals surface area contributed by atoms with Crippen LogP contribution in [0.5, 0.6) is 0 Å². The molecule has 0 aliphatic heterocycles. The zero-order valence-corrected chi connectivity index (χ0v) is 16.7. The number of nitrogens with zero attached hydrogens (tertiary/aromatic N) is 4. The molecular formula is C23H24N6O. The Balaban J connectivity index is 1.40. The summed E-state index contributed by atoms with van der Waals surface area (Å²) < 4.78 is 1.91. The van der Waals surface area contributed by atoms with Crippen LogP contribution < -0.4 is 10.6 Å². The second-order valence-electron chi connectivity index (χ2n) is 7.84. The molecule has 2 heterocycles. The lowest BCUT2D eigenvalue weighted by molar-refractivity contribution is 0.0933. The van der Waals surface area contributed by atoms with Crippen LogP contribution in [0.15, 0.2) is 54.9 Å². The number of carbonyl (C=O) groups is 1. The number of rotatable bonds is 4. The zero-order chi connectivity index (χ0) is 20.3. The molecule has 7 heteroatoms. The van der Waals surface area contributed by atoms with Gasteiger partial charge in [0.2, 0.25) is 5.65 Å². The second-order valence-corrected chi connectivity index (χ2v) is 7.84. The summed E-state index contributed by atoms with van der Waals surface area (Å²) >= 11 is 0. The van der Waals surface area contributed by atoms with Gasteiger partial charge < -0.3 is 10.6 Å². The fourth-order valence-electron chi connectivity index (χ4n) is 4.16. The Bertz CT molecular complexity index is 1190. The quantitative estimate of drug-likeness (QED) is 0.494. The average molecular weight is 400 g/mol. The van der Waals surface area contributed by atoms with E-state index in [9.17, 15) is 4.79 Å². The van der Waals surface area contributed by atoms with Crippen molar-refractivity contribution < 1.29 is 4.79 Å². The van der Waals surface area contributed by atoms with Crippen molar-refractivity contribution in [1.29, 1.82) is 0 Å². The first-order valence-electron chi connectivity index (χ1n) is 10.5. The highest BCUT2D eigenvalue weighted by molar-refractivity contribution is 5.95. The zero-order valence-electron chi connectivity index (χ0n) is 16.7. The predicted molar refractivity (Wildman–Crippen MR) is 117 cm³/mol. The van der Waals surface area contributed by atoms with Crippen LogP contribution >= 0.6 is 0 Å². The summed E-state index contributed by atoms with van der Waals surface area (Å²) in [4.78, 5) is 17.5. The maximum absolute atomic E-state index is 12.8. The van der Waals surface area contributed by atoms with Crippen LogP contribution in [0.1, 0.15) is 48.9 Å². The number of carbonyl (C=O) groups excluding carboxylic acids is 1. The topological polar surface area (TPSA) is 84.2 Å². The highest BCUT2D eigenvalue weighted by Gasteiger charge is 2.16. The summed E-state index contributed by atoms with van der Waals surface area (Å²) in [6, 6.07) is 15.6. The smallest absolute Gasteiger partial charge is 0.251 e. The summed E-state index contributed by atoms with van der Waals surface area (Å²) in [5, 5.41) is 14.8. The van der Waals surface area contributed by atoms with Gasteiger partial charge >= 0.3 is 0 Å². The maximum Gasteiger partial charge on any atom is 0.251 e. The van der Waals surface area contributed by atoms with Crippen LogP contribution in [0.2, 0.25) is 0 Å². The molecule has 0 spiro atoms. The van der Waals surface area contributed by atoms with Crippen LogP contribution in [0.25, 0.3) is 16.7 Å². The summed E-state index contributed by atoms with van der Waals surface area (Å²) in [5.41, 5.74) is 3.86. The molecule has 4 aromatic rings. The average Bonchev–Trinajstić information content (AvgIpc) is 3.13. The van der Waals surface area contributed by atoms with E-state index in [1.165, 1.54) is 25.7 Å². The van der Waals surface area contributed by atoms with E-state index in [2.05, 4.69) is 20.8 Å². The normalized spacial score (nSPS) is 15.2. The first-order valence-corrected chi connectivity index (χ1v) is 10.5. The van der Waals surface area contributed by atoms with Gasteiger partial charge in [0.05, 0.1) is 11.0 Å². The third-order valence-corrected chi connectivity index (χ3v) is 5.71. The fourth-order valence-corrected chi connectivity index (χ4v) is 4.16. The van der Waals surface area contributed by atoms with Crippen molar-refractivity contribution in [1.82, 2.24) is 24.9 Å². The van der Waals surface area contributed by atoms with Crippen molar-refractivity contribution in [2.24, 2.45) is 0 Å². The SMILES string of the molecule is O=C(NC1CCCCCC1)c1cccc(Nc2nc3ccccc3n3cnnc23)c1. The van der Waals surface area contributed by atoms with Gasteiger partial charge in [0.25, 0.3) is 5.91 Å². The molecule has 0 unspecified atom stereocenters. The van der Waals surface area contributed by atoms with Gasteiger partial charge in [-0.05, 0) is 43.2 Å². The minimum absolute atomic E-state index is 0.0235. The number of hydrogen-bond donors (Lipinski definition) is 2. The molecular weight excluding hydrogens is 376 g/mol. The van der Waals surface area contributed by atoms with E-state index in [1.807, 2.05) is 52.9 Å². The Morgan fingerprint density at radius 3 is 2.70 bits per heavy atom. The summed E-state index contributed by atoms with van der Waals surface area (Å²) in [7, 11) is 0. The first-order chi connectivity index (χ1) is 14.8. The number of hydrogen-bond acceptors (Lipinski definition) is 5. The Kier molecular flexibility index (Phi) is 5.01. The highest BCUT2D eigenvalue weighted by Crippen LogP contribution is 2.24. The van der Waals surface area contributed by atoms with Crippen molar-refractivity contribution in [2.75, 3.05) is 5.32 Å². The van der Waals surface area contributed by atoms with Crippen LogP contribution in [0.4, 0.5) is 11.5 Å². The van der Waals surface area contributed by atoms with Crippen molar-refractivity contribution in [3.05, 3.63) is 60.4 Å². The maximum atomic E-state index is 12.8. The fraction of sp³-hybridized carbons (Fsp3) is 0.304. The number of para-hydroxylation sites is 2. The molecule has 2 aromatic heterocycles.